The quantitative estimate of drug-likeness (QED) is 0.478. The molecule has 1 aromatic heterocycles. The first kappa shape index (κ1) is 24.6. The van der Waals surface area contributed by atoms with Gasteiger partial charge in [-0.05, 0) is 36.1 Å². The van der Waals surface area contributed by atoms with Crippen LogP contribution in [0.1, 0.15) is 23.2 Å². The highest BCUT2D eigenvalue weighted by molar-refractivity contribution is 7.89. The maximum absolute atomic E-state index is 13.5. The zero-order chi connectivity index (χ0) is 24.5. The minimum atomic E-state index is -5.53. The number of rotatable bonds is 6. The number of hydrogen-bond donors (Lipinski definition) is 0. The number of aryl methyl sites for hydroxylation is 2. The summed E-state index contributed by atoms with van der Waals surface area (Å²) in [5.74, 6) is 0. The Hall–Kier alpha value is -2.56. The minimum absolute atomic E-state index is 0.299. The Morgan fingerprint density at radius 1 is 1.15 bits per heavy atom. The van der Waals surface area contributed by atoms with Crippen molar-refractivity contribution in [2.75, 3.05) is 11.4 Å². The molecule has 0 amide bonds. The van der Waals surface area contributed by atoms with E-state index < -0.39 is 28.1 Å². The molecule has 0 saturated heterocycles. The van der Waals surface area contributed by atoms with E-state index in [1.54, 1.807) is 29.1 Å². The third-order valence-corrected chi connectivity index (χ3v) is 7.67. The molecule has 0 bridgehead atoms. The number of halogens is 4. The molecule has 0 radical (unpaired) electrons. The van der Waals surface area contributed by atoms with E-state index in [2.05, 4.69) is 4.98 Å². The summed E-state index contributed by atoms with van der Waals surface area (Å²) in [6.45, 7) is -0.406. The average molecular weight is 513 g/mol. The molecule has 0 unspecified atom stereocenters. The Morgan fingerprint density at radius 3 is 2.53 bits per heavy atom. The van der Waals surface area contributed by atoms with E-state index in [9.17, 15) is 21.6 Å². The van der Waals surface area contributed by atoms with Gasteiger partial charge >= 0.3 is 15.5 Å². The van der Waals surface area contributed by atoms with Crippen LogP contribution in [0, 0.1) is 0 Å². The van der Waals surface area contributed by atoms with E-state index in [-0.39, 0.29) is 6.54 Å². The second-order valence-corrected chi connectivity index (χ2v) is 10.7. The SMILES string of the molecule is Cn1cnc(CN2c3cc(Cl)ccc3CN(S(=O)(=O)C(F)(F)F)C[C@H]2CCc2ccccc2)c1. The lowest BCUT2D eigenvalue weighted by Crippen LogP contribution is -2.47. The van der Waals surface area contributed by atoms with Crippen LogP contribution in [-0.4, -0.2) is 40.4 Å². The Balaban J connectivity index is 1.77. The van der Waals surface area contributed by atoms with Gasteiger partial charge in [0.05, 0.1) is 18.6 Å². The molecule has 6 nitrogen and oxygen atoms in total. The number of anilines is 1. The maximum atomic E-state index is 13.5. The highest BCUT2D eigenvalue weighted by Crippen LogP contribution is 2.37. The van der Waals surface area contributed by atoms with Gasteiger partial charge in [0.15, 0.2) is 0 Å². The number of alkyl halides is 3. The molecule has 1 atom stereocenters. The third kappa shape index (κ3) is 5.24. The summed E-state index contributed by atoms with van der Waals surface area (Å²) < 4.78 is 67.9. The van der Waals surface area contributed by atoms with Gasteiger partial charge in [-0.2, -0.15) is 17.5 Å². The van der Waals surface area contributed by atoms with E-state index >= 15 is 0 Å². The summed E-state index contributed by atoms with van der Waals surface area (Å²) in [7, 11) is -3.70. The average Bonchev–Trinajstić information content (AvgIpc) is 3.12. The van der Waals surface area contributed by atoms with Crippen molar-refractivity contribution in [2.24, 2.45) is 7.05 Å². The molecule has 0 spiro atoms. The fraction of sp³-hybridized carbons (Fsp3) is 0.348. The summed E-state index contributed by atoms with van der Waals surface area (Å²) >= 11 is 6.26. The van der Waals surface area contributed by atoms with Crippen molar-refractivity contribution in [3.8, 4) is 0 Å². The van der Waals surface area contributed by atoms with Crippen molar-refractivity contribution >= 4 is 27.3 Å². The molecule has 0 saturated carbocycles. The van der Waals surface area contributed by atoms with Gasteiger partial charge in [-0.15, -0.1) is 0 Å². The monoisotopic (exact) mass is 512 g/mol. The van der Waals surface area contributed by atoms with Crippen LogP contribution in [0.4, 0.5) is 18.9 Å². The van der Waals surface area contributed by atoms with Crippen LogP contribution in [0.2, 0.25) is 5.02 Å². The fourth-order valence-electron chi connectivity index (χ4n) is 4.21. The number of hydrogen-bond acceptors (Lipinski definition) is 4. The zero-order valence-electron chi connectivity index (χ0n) is 18.4. The number of sulfonamides is 1. The van der Waals surface area contributed by atoms with Crippen LogP contribution in [0.5, 0.6) is 0 Å². The summed E-state index contributed by atoms with van der Waals surface area (Å²) in [6.07, 6.45) is 4.48. The first-order chi connectivity index (χ1) is 16.0. The van der Waals surface area contributed by atoms with Crippen LogP contribution >= 0.6 is 11.6 Å². The smallest absolute Gasteiger partial charge is 0.361 e. The van der Waals surface area contributed by atoms with Gasteiger partial charge in [0.25, 0.3) is 0 Å². The van der Waals surface area contributed by atoms with Crippen molar-refractivity contribution in [1.82, 2.24) is 13.9 Å². The van der Waals surface area contributed by atoms with Crippen molar-refractivity contribution in [3.05, 3.63) is 82.9 Å². The molecule has 2 aromatic carbocycles. The molecule has 4 rings (SSSR count). The van der Waals surface area contributed by atoms with Gasteiger partial charge < -0.3 is 9.47 Å². The van der Waals surface area contributed by atoms with Gasteiger partial charge in [0.2, 0.25) is 0 Å². The number of nitrogens with zero attached hydrogens (tertiary/aromatic N) is 4. The minimum Gasteiger partial charge on any atom is -0.361 e. The van der Waals surface area contributed by atoms with Crippen molar-refractivity contribution < 1.29 is 21.6 Å². The van der Waals surface area contributed by atoms with E-state index in [1.807, 2.05) is 48.5 Å². The summed E-state index contributed by atoms with van der Waals surface area (Å²) in [5.41, 5.74) is -2.60. The van der Waals surface area contributed by atoms with Crippen molar-refractivity contribution in [3.63, 3.8) is 0 Å². The lowest BCUT2D eigenvalue weighted by molar-refractivity contribution is -0.0492. The second-order valence-electron chi connectivity index (χ2n) is 8.35. The molecule has 0 fully saturated rings. The van der Waals surface area contributed by atoms with E-state index in [1.165, 1.54) is 0 Å². The largest absolute Gasteiger partial charge is 0.511 e. The van der Waals surface area contributed by atoms with Gasteiger partial charge in [0.1, 0.15) is 0 Å². The molecule has 1 aliphatic heterocycles. The van der Waals surface area contributed by atoms with Crippen LogP contribution in [0.3, 0.4) is 0 Å². The van der Waals surface area contributed by atoms with Crippen molar-refractivity contribution in [1.29, 1.82) is 0 Å². The molecule has 11 heteroatoms. The topological polar surface area (TPSA) is 58.4 Å². The maximum Gasteiger partial charge on any atom is 0.511 e. The predicted molar refractivity (Wildman–Crippen MR) is 125 cm³/mol. The molecular weight excluding hydrogens is 489 g/mol. The fourth-order valence-corrected chi connectivity index (χ4v) is 5.35. The Labute approximate surface area is 201 Å². The molecular formula is C23H24ClF3N4O2S. The highest BCUT2D eigenvalue weighted by atomic mass is 35.5. The van der Waals surface area contributed by atoms with Crippen LogP contribution < -0.4 is 4.90 Å². The number of aromatic nitrogens is 2. The lowest BCUT2D eigenvalue weighted by Gasteiger charge is -2.34. The van der Waals surface area contributed by atoms with Crippen LogP contribution in [-0.2, 0) is 36.6 Å². The van der Waals surface area contributed by atoms with Gasteiger partial charge in [-0.3, -0.25) is 0 Å². The second kappa shape index (κ2) is 9.59. The summed E-state index contributed by atoms with van der Waals surface area (Å²) in [4.78, 5) is 6.30. The molecule has 0 aliphatic carbocycles. The molecule has 182 valence electrons. The van der Waals surface area contributed by atoms with E-state index in [4.69, 9.17) is 11.6 Å². The first-order valence-corrected chi connectivity index (χ1v) is 12.5. The Kier molecular flexibility index (Phi) is 6.93. The highest BCUT2D eigenvalue weighted by Gasteiger charge is 2.51. The summed E-state index contributed by atoms with van der Waals surface area (Å²) in [6, 6.07) is 13.8. The van der Waals surface area contributed by atoms with Gasteiger partial charge in [-0.25, -0.2) is 13.4 Å². The van der Waals surface area contributed by atoms with Gasteiger partial charge in [0, 0.05) is 43.1 Å². The molecule has 0 N–H and O–H groups in total. The number of fused-ring (bicyclic) bond motifs is 1. The normalized spacial score (nSPS) is 17.4. The van der Waals surface area contributed by atoms with Gasteiger partial charge in [-0.1, -0.05) is 48.0 Å². The number of benzene rings is 2. The van der Waals surface area contributed by atoms with Crippen molar-refractivity contribution in [2.45, 2.75) is 37.5 Å². The molecule has 34 heavy (non-hydrogen) atoms. The Bertz CT molecular complexity index is 1250. The molecule has 1 aliphatic rings. The standard InChI is InChI=1S/C23H24ClF3N4O2S/c1-29-13-20(28-16-29)14-31-21(10-7-17-5-3-2-4-6-17)15-30(34(32,33)23(25,26)27)12-18-8-9-19(24)11-22(18)31/h2-6,8-9,11,13,16,21H,7,10,12,14-15H2,1H3/t21-/m1/s1. The summed E-state index contributed by atoms with van der Waals surface area (Å²) in [5, 5.41) is 0.415. The van der Waals surface area contributed by atoms with Crippen LogP contribution in [0.25, 0.3) is 0 Å². The van der Waals surface area contributed by atoms with E-state index in [0.29, 0.717) is 45.7 Å². The zero-order valence-corrected chi connectivity index (χ0v) is 20.0. The Morgan fingerprint density at radius 2 is 1.88 bits per heavy atom. The third-order valence-electron chi connectivity index (χ3n) is 5.89. The lowest BCUT2D eigenvalue weighted by atomic mass is 10.0. The first-order valence-electron chi connectivity index (χ1n) is 10.7. The number of imidazole rings is 1. The van der Waals surface area contributed by atoms with E-state index in [0.717, 1.165) is 5.56 Å². The van der Waals surface area contributed by atoms with Crippen LogP contribution in [0.15, 0.2) is 61.1 Å². The predicted octanol–water partition coefficient (Wildman–Crippen LogP) is 4.75. The molecule has 3 aromatic rings. The molecule has 2 heterocycles.